The molecule has 6 nitrogen and oxygen atoms in total. The Kier molecular flexibility index (Phi) is 23.0. The summed E-state index contributed by atoms with van der Waals surface area (Å²) in [5.41, 5.74) is 39.1. The van der Waals surface area contributed by atoms with Crippen molar-refractivity contribution in [3.63, 3.8) is 0 Å². The lowest BCUT2D eigenvalue weighted by Crippen LogP contribution is -2.10. The van der Waals surface area contributed by atoms with Gasteiger partial charge in [-0.3, -0.25) is 0 Å². The van der Waals surface area contributed by atoms with Crippen LogP contribution in [0.25, 0.3) is 198 Å². The summed E-state index contributed by atoms with van der Waals surface area (Å²) in [7, 11) is 0. The van der Waals surface area contributed by atoms with E-state index in [1.54, 1.807) is 0 Å². The van der Waals surface area contributed by atoms with Crippen LogP contribution in [0, 0.1) is 0 Å². The van der Waals surface area contributed by atoms with Crippen molar-refractivity contribution in [2.24, 2.45) is 0 Å². The lowest BCUT2D eigenvalue weighted by atomic mass is 9.85. The molecule has 0 radical (unpaired) electrons. The molecule has 0 spiro atoms. The van der Waals surface area contributed by atoms with Crippen LogP contribution in [0.5, 0.6) is 0 Å². The average molecular weight is 1860 g/mol. The minimum atomic E-state index is 0.0648. The summed E-state index contributed by atoms with van der Waals surface area (Å²) in [6, 6.07) is 147. The quantitative estimate of drug-likeness (QED) is 0.117. The van der Waals surface area contributed by atoms with Gasteiger partial charge in [-0.25, -0.2) is 0 Å². The van der Waals surface area contributed by atoms with E-state index in [1.807, 2.05) is 0 Å². The predicted octanol–water partition coefficient (Wildman–Crippen LogP) is 38.3. The van der Waals surface area contributed by atoms with E-state index in [0.717, 1.165) is 12.8 Å². The van der Waals surface area contributed by atoms with Gasteiger partial charge in [-0.2, -0.15) is 0 Å². The molecule has 6 heterocycles. The van der Waals surface area contributed by atoms with E-state index in [-0.39, 0.29) is 32.5 Å². The van der Waals surface area contributed by atoms with E-state index in [2.05, 4.69) is 560 Å². The van der Waals surface area contributed by atoms with Gasteiger partial charge >= 0.3 is 0 Å². The van der Waals surface area contributed by atoms with Crippen molar-refractivity contribution >= 4 is 131 Å². The molecular weight excluding hydrogens is 1730 g/mol. The van der Waals surface area contributed by atoms with Gasteiger partial charge in [-0.05, 0) is 312 Å². The lowest BCUT2D eigenvalue weighted by Gasteiger charge is -2.19. The van der Waals surface area contributed by atoms with E-state index in [1.165, 1.54) is 237 Å². The van der Waals surface area contributed by atoms with Gasteiger partial charge in [0.1, 0.15) is 0 Å². The first-order chi connectivity index (χ1) is 68.6. The van der Waals surface area contributed by atoms with Gasteiger partial charge in [0.15, 0.2) is 0 Å². The van der Waals surface area contributed by atoms with Crippen LogP contribution >= 0.6 is 0 Å². The van der Waals surface area contributed by atoms with E-state index in [0.29, 0.717) is 5.92 Å². The topological polar surface area (TPSA) is 29.6 Å². The molecule has 0 saturated heterocycles. The van der Waals surface area contributed by atoms with Crippen LogP contribution in [0.2, 0.25) is 0 Å². The van der Waals surface area contributed by atoms with Gasteiger partial charge in [0.2, 0.25) is 0 Å². The molecule has 0 N–H and O–H groups in total. The second-order valence-electron chi connectivity index (χ2n) is 46.1. The Bertz CT molecular complexity index is 8610. The normalized spacial score (nSPS) is 12.6. The summed E-state index contributed by atoms with van der Waals surface area (Å²) in [6.45, 7) is 46.0. The Hall–Kier alpha value is -15.2. The molecule has 0 aliphatic rings. The Morgan fingerprint density at radius 1 is 0.154 bits per heavy atom. The van der Waals surface area contributed by atoms with Gasteiger partial charge in [0.05, 0.1) is 66.2 Å². The predicted molar refractivity (Wildman–Crippen MR) is 617 cm³/mol. The fourth-order valence-corrected chi connectivity index (χ4v) is 22.3. The van der Waals surface area contributed by atoms with Crippen molar-refractivity contribution in [1.82, 2.24) is 27.4 Å². The van der Waals surface area contributed by atoms with E-state index in [4.69, 9.17) is 0 Å². The summed E-state index contributed by atoms with van der Waals surface area (Å²) in [6.07, 6.45) is 2.33. The molecule has 0 fully saturated rings. The highest BCUT2D eigenvalue weighted by atomic mass is 15.0. The molecule has 0 atom stereocenters. The monoisotopic (exact) mass is 1860 g/mol. The van der Waals surface area contributed by atoms with Crippen LogP contribution in [-0.4, -0.2) is 27.4 Å². The van der Waals surface area contributed by atoms with Crippen LogP contribution in [-0.2, 0) is 32.5 Å². The van der Waals surface area contributed by atoms with E-state index < -0.39 is 0 Å². The van der Waals surface area contributed by atoms with E-state index in [9.17, 15) is 0 Å². The lowest BCUT2D eigenvalue weighted by molar-refractivity contribution is 0.590. The molecule has 0 saturated carbocycles. The van der Waals surface area contributed by atoms with Crippen LogP contribution in [0.1, 0.15) is 196 Å². The molecule has 6 aromatic heterocycles. The molecule has 18 aromatic carbocycles. The summed E-state index contributed by atoms with van der Waals surface area (Å²) in [4.78, 5) is 0. The third-order valence-electron chi connectivity index (χ3n) is 30.4. The number of hydrogen-bond donors (Lipinski definition) is 0. The maximum absolute atomic E-state index is 2.46. The number of nitrogens with zero attached hydrogens (tertiary/aromatic N) is 6. The van der Waals surface area contributed by atoms with Crippen molar-refractivity contribution in [3.8, 4) is 67.5 Å². The van der Waals surface area contributed by atoms with Crippen LogP contribution in [0.4, 0.5) is 0 Å². The Balaban J connectivity index is 0.000000123. The van der Waals surface area contributed by atoms with Crippen molar-refractivity contribution < 1.29 is 0 Å². The third kappa shape index (κ3) is 16.8. The molecule has 24 aromatic rings. The fourth-order valence-electron chi connectivity index (χ4n) is 22.3. The highest BCUT2D eigenvalue weighted by Gasteiger charge is 2.29. The van der Waals surface area contributed by atoms with Gasteiger partial charge in [-0.1, -0.05) is 345 Å². The molecule has 0 bridgehead atoms. The molecule has 0 amide bonds. The van der Waals surface area contributed by atoms with Gasteiger partial charge in [-0.15, -0.1) is 0 Å². The van der Waals surface area contributed by atoms with Crippen molar-refractivity contribution in [3.05, 3.63) is 433 Å². The van der Waals surface area contributed by atoms with Gasteiger partial charge in [0, 0.05) is 98.8 Å². The zero-order valence-corrected chi connectivity index (χ0v) is 86.7. The standard InChI is InChI=1S/C52H56N2.C44H40N2.C41H34N2/c1-49(2,3)35-19-23-45-41(29-35)42-30-36(50(4,5)6)20-24-46(42)53(45)39-17-13-15-33(27-39)34-16-14-18-40(28-34)54-47-25-21-37(51(7,8)9)31-43(47)44-32-38(52(10,11)12)22-26-48(44)54;1-43(2,3)31-21-23-41-37(27-31)38-28-32(44(4,5)6)22-24-42(38)46(41)34-16-12-14-30(26-34)29-13-11-15-33(25-29)45-39-19-9-7-17-35(39)36-18-8-10-20-40(36)45;1-3-28(4-2)31-23-24-41-37(27-31)36-19-7-10-22-40(36)43(41)33-16-12-14-30(26-33)29-13-11-15-32(25-29)42-38-20-8-5-17-34(38)35-18-6-9-21-39(35)42/h13-32H,1-12H3;7-28H,1-6H3;5-28H,3-4H2,1-2H3. The number of hydrogen-bond acceptors (Lipinski definition) is 0. The fraction of sp³-hybridized carbons (Fsp3) is 0.212. The SMILES string of the molecule is CC(C)(C)c1ccc2c(c1)c1cc(C(C)(C)C)ccc1n2-c1cccc(-c2cccc(-n3c4ccc(C(C)(C)C)cc4c4cc(C(C)(C)C)ccc43)c2)c1.CC(C)(C)c1ccc2c(c1)c1cc(C(C)(C)C)ccc1n2-c1cccc(-c2cccc(-n3c4ccccc4c4ccccc43)c2)c1.CCC(CC)c1ccc2c(c1)c1ccccc1n2-c1cccc(-c2cccc(-n3c4ccccc4c4ccccc43)c2)c1. The molecule has 143 heavy (non-hydrogen) atoms. The number of para-hydroxylation sites is 5. The zero-order valence-electron chi connectivity index (χ0n) is 86.7. The Morgan fingerprint density at radius 2 is 0.315 bits per heavy atom. The molecule has 0 aliphatic carbocycles. The first-order valence-electron chi connectivity index (χ1n) is 51.5. The number of fused-ring (bicyclic) bond motifs is 18. The van der Waals surface area contributed by atoms with Crippen LogP contribution < -0.4 is 0 Å². The second kappa shape index (κ2) is 35.5. The molecule has 6 heteroatoms. The molecule has 24 rings (SSSR count). The smallest absolute Gasteiger partial charge is 0.0541 e. The molecule has 0 unspecified atom stereocenters. The number of rotatable bonds is 12. The third-order valence-corrected chi connectivity index (χ3v) is 30.4. The average Bonchev–Trinajstić information content (AvgIpc) is 1.58. The van der Waals surface area contributed by atoms with Gasteiger partial charge < -0.3 is 27.4 Å². The number of aromatic nitrogens is 6. The highest BCUT2D eigenvalue weighted by molar-refractivity contribution is 6.15. The first kappa shape index (κ1) is 92.8. The van der Waals surface area contributed by atoms with Gasteiger partial charge in [0.25, 0.3) is 0 Å². The zero-order chi connectivity index (χ0) is 99.2. The Labute approximate surface area is 842 Å². The molecule has 0 aliphatic heterocycles. The van der Waals surface area contributed by atoms with Crippen LogP contribution in [0.3, 0.4) is 0 Å². The van der Waals surface area contributed by atoms with Crippen molar-refractivity contribution in [2.75, 3.05) is 0 Å². The first-order valence-corrected chi connectivity index (χ1v) is 51.5. The minimum absolute atomic E-state index is 0.0648. The van der Waals surface area contributed by atoms with E-state index >= 15 is 0 Å². The van der Waals surface area contributed by atoms with Crippen molar-refractivity contribution in [2.45, 2.75) is 190 Å². The van der Waals surface area contributed by atoms with Crippen molar-refractivity contribution in [1.29, 1.82) is 0 Å². The van der Waals surface area contributed by atoms with Crippen LogP contribution in [0.15, 0.2) is 394 Å². The summed E-state index contributed by atoms with van der Waals surface area (Å²) in [5, 5.41) is 15.6. The summed E-state index contributed by atoms with van der Waals surface area (Å²) < 4.78 is 14.6. The maximum atomic E-state index is 2.46. The maximum Gasteiger partial charge on any atom is 0.0541 e. The number of benzene rings is 18. The molecular formula is C137H130N6. The second-order valence-corrected chi connectivity index (χ2v) is 46.1. The minimum Gasteiger partial charge on any atom is -0.309 e. The highest BCUT2D eigenvalue weighted by Crippen LogP contribution is 2.47. The largest absolute Gasteiger partial charge is 0.309 e. The Morgan fingerprint density at radius 3 is 0.497 bits per heavy atom. The molecule has 708 valence electrons. The summed E-state index contributed by atoms with van der Waals surface area (Å²) >= 11 is 0. The summed E-state index contributed by atoms with van der Waals surface area (Å²) in [5.74, 6) is 0.594.